The van der Waals surface area contributed by atoms with Gasteiger partial charge in [0.1, 0.15) is 17.5 Å². The van der Waals surface area contributed by atoms with Gasteiger partial charge < -0.3 is 19.9 Å². The molecular formula is C30H30N10O3. The average Bonchev–Trinajstić information content (AvgIpc) is 3.64. The van der Waals surface area contributed by atoms with E-state index in [1.165, 1.54) is 9.25 Å². The first-order valence-corrected chi connectivity index (χ1v) is 14.1. The molecule has 0 fully saturated rings. The maximum Gasteiger partial charge on any atom is 0.297 e. The molecule has 0 unspecified atom stereocenters. The third-order valence-electron chi connectivity index (χ3n) is 8.33. The highest BCUT2D eigenvalue weighted by Crippen LogP contribution is 2.37. The second kappa shape index (κ2) is 9.67. The van der Waals surface area contributed by atoms with Crippen LogP contribution in [0.1, 0.15) is 36.4 Å². The van der Waals surface area contributed by atoms with Crippen molar-refractivity contribution in [2.45, 2.75) is 46.4 Å². The Balaban J connectivity index is 1.28. The highest BCUT2D eigenvalue weighted by atomic mass is 16.3. The summed E-state index contributed by atoms with van der Waals surface area (Å²) in [5, 5.41) is 31.9. The van der Waals surface area contributed by atoms with Crippen LogP contribution in [-0.4, -0.2) is 50.1 Å². The number of rotatable bonds is 5. The van der Waals surface area contributed by atoms with Gasteiger partial charge in [0.25, 0.3) is 11.1 Å². The quantitative estimate of drug-likeness (QED) is 0.299. The maximum absolute atomic E-state index is 13.7. The van der Waals surface area contributed by atoms with Gasteiger partial charge in [-0.25, -0.2) is 4.98 Å². The fourth-order valence-corrected chi connectivity index (χ4v) is 6.30. The lowest BCUT2D eigenvalue weighted by molar-refractivity contribution is 0.281. The van der Waals surface area contributed by atoms with E-state index in [9.17, 15) is 20.0 Å². The van der Waals surface area contributed by atoms with Crippen LogP contribution >= 0.6 is 0 Å². The molecule has 2 aliphatic rings. The molecule has 43 heavy (non-hydrogen) atoms. The molecule has 0 amide bonds. The third kappa shape index (κ3) is 4.38. The molecule has 6 heterocycles. The van der Waals surface area contributed by atoms with Crippen LogP contribution in [0.5, 0.6) is 0 Å². The van der Waals surface area contributed by atoms with Crippen LogP contribution in [0.15, 0.2) is 52.6 Å². The van der Waals surface area contributed by atoms with Crippen molar-refractivity contribution in [1.29, 1.82) is 5.26 Å². The van der Waals surface area contributed by atoms with E-state index in [-0.39, 0.29) is 28.0 Å². The van der Waals surface area contributed by atoms with Gasteiger partial charge in [-0.15, -0.1) is 0 Å². The van der Waals surface area contributed by atoms with Crippen LogP contribution < -0.4 is 16.4 Å². The summed E-state index contributed by atoms with van der Waals surface area (Å²) in [6, 6.07) is 7.19. The fraction of sp³-hybridized carbons (Fsp3) is 0.333. The Kier molecular flexibility index (Phi) is 6.00. The number of anilines is 2. The number of fused-ring (bicyclic) bond motifs is 4. The molecule has 0 bridgehead atoms. The van der Waals surface area contributed by atoms with Crippen molar-refractivity contribution in [2.24, 2.45) is 12.5 Å². The number of pyridine rings is 2. The van der Waals surface area contributed by atoms with Gasteiger partial charge in [0.2, 0.25) is 0 Å². The van der Waals surface area contributed by atoms with Gasteiger partial charge >= 0.3 is 0 Å². The van der Waals surface area contributed by atoms with E-state index in [0.717, 1.165) is 29.8 Å². The molecular weight excluding hydrogens is 548 g/mol. The van der Waals surface area contributed by atoms with Gasteiger partial charge in [-0.2, -0.15) is 20.1 Å². The summed E-state index contributed by atoms with van der Waals surface area (Å²) < 4.78 is 6.37. The van der Waals surface area contributed by atoms with E-state index in [1.54, 1.807) is 42.8 Å². The summed E-state index contributed by atoms with van der Waals surface area (Å²) in [4.78, 5) is 32.9. The molecule has 5 aromatic heterocycles. The first-order chi connectivity index (χ1) is 20.7. The molecule has 0 saturated heterocycles. The van der Waals surface area contributed by atoms with Gasteiger partial charge in [0.05, 0.1) is 25.4 Å². The predicted molar refractivity (Wildman–Crippen MR) is 158 cm³/mol. The van der Waals surface area contributed by atoms with Crippen molar-refractivity contribution in [3.8, 4) is 23.1 Å². The topological polar surface area (TPSA) is 151 Å². The number of aryl methyl sites for hydroxylation is 1. The number of aliphatic hydroxyl groups excluding tert-OH is 1. The van der Waals surface area contributed by atoms with Crippen molar-refractivity contribution in [2.75, 3.05) is 11.9 Å². The monoisotopic (exact) mass is 578 g/mol. The number of nitrogens with one attached hydrogen (secondary N) is 1. The molecule has 0 aromatic carbocycles. The molecule has 1 aliphatic heterocycles. The number of nitrogens with zero attached hydrogens (tertiary/aromatic N) is 9. The van der Waals surface area contributed by atoms with Gasteiger partial charge in [0, 0.05) is 48.9 Å². The molecule has 13 nitrogen and oxygen atoms in total. The zero-order valence-electron chi connectivity index (χ0n) is 24.1. The van der Waals surface area contributed by atoms with E-state index in [4.69, 9.17) is 0 Å². The zero-order valence-corrected chi connectivity index (χ0v) is 24.1. The summed E-state index contributed by atoms with van der Waals surface area (Å²) in [7, 11) is 1.65. The number of nitriles is 1. The summed E-state index contributed by atoms with van der Waals surface area (Å²) in [6.07, 6.45) is 8.79. The van der Waals surface area contributed by atoms with Crippen molar-refractivity contribution in [3.63, 3.8) is 0 Å². The molecule has 218 valence electrons. The normalized spacial score (nSPS) is 15.4. The smallest absolute Gasteiger partial charge is 0.297 e. The minimum atomic E-state index is -0.404. The van der Waals surface area contributed by atoms with Crippen molar-refractivity contribution in [1.82, 2.24) is 38.4 Å². The van der Waals surface area contributed by atoms with Crippen molar-refractivity contribution < 1.29 is 5.11 Å². The lowest BCUT2D eigenvalue weighted by Crippen LogP contribution is -2.30. The standard InChI is InChI=1S/C30H30N10O3/c1-30(2)11-18-9-24-29(43)40(33-17-38(24)25(18)12-30)27-22(15-41)21(4-5-32-27)19-8-23(28(42)36(3)13-19)34-26-10-20-14-37(16-31)6-7-39(20)35-26/h4-5,8-10,13,17,41H,6-7,11-12,14-15H2,1-3H3,(H,34,35). The summed E-state index contributed by atoms with van der Waals surface area (Å²) in [5.74, 6) is 0.717. The lowest BCUT2D eigenvalue weighted by atomic mass is 9.90. The largest absolute Gasteiger partial charge is 0.392 e. The van der Waals surface area contributed by atoms with Crippen molar-refractivity contribution in [3.05, 3.63) is 86.2 Å². The number of aromatic nitrogens is 7. The molecule has 7 rings (SSSR count). The minimum Gasteiger partial charge on any atom is -0.392 e. The van der Waals surface area contributed by atoms with E-state index >= 15 is 0 Å². The summed E-state index contributed by atoms with van der Waals surface area (Å²) in [5.41, 5.74) is 5.12. The zero-order chi connectivity index (χ0) is 30.0. The Hall–Kier alpha value is -5.22. The van der Waals surface area contributed by atoms with Crippen LogP contribution in [0, 0.1) is 16.9 Å². The molecule has 1 aliphatic carbocycles. The Morgan fingerprint density at radius 3 is 2.77 bits per heavy atom. The molecule has 0 atom stereocenters. The highest BCUT2D eigenvalue weighted by molar-refractivity contribution is 5.73. The van der Waals surface area contributed by atoms with E-state index < -0.39 is 6.61 Å². The maximum atomic E-state index is 13.7. The van der Waals surface area contributed by atoms with Crippen LogP contribution in [-0.2, 0) is 39.6 Å². The van der Waals surface area contributed by atoms with Crippen molar-refractivity contribution >= 4 is 17.0 Å². The Morgan fingerprint density at radius 2 is 1.98 bits per heavy atom. The van der Waals surface area contributed by atoms with Gasteiger partial charge in [-0.05, 0) is 47.6 Å². The number of hydrogen-bond donors (Lipinski definition) is 2. The second-order valence-electron chi connectivity index (χ2n) is 12.0. The Bertz CT molecular complexity index is 2090. The average molecular weight is 579 g/mol. The van der Waals surface area contributed by atoms with Crippen LogP contribution in [0.2, 0.25) is 0 Å². The summed E-state index contributed by atoms with van der Waals surface area (Å²) in [6.45, 7) is 5.62. The Morgan fingerprint density at radius 1 is 1.14 bits per heavy atom. The van der Waals surface area contributed by atoms with Gasteiger partial charge in [0.15, 0.2) is 17.8 Å². The predicted octanol–water partition coefficient (Wildman–Crippen LogP) is 2.10. The number of aliphatic hydroxyl groups is 1. The lowest BCUT2D eigenvalue weighted by Gasteiger charge is -2.21. The first kappa shape index (κ1) is 26.7. The first-order valence-electron chi connectivity index (χ1n) is 14.1. The van der Waals surface area contributed by atoms with E-state index in [2.05, 4.69) is 40.5 Å². The number of hydrogen-bond acceptors (Lipinski definition) is 9. The fourth-order valence-electron chi connectivity index (χ4n) is 6.30. The molecule has 13 heteroatoms. The van der Waals surface area contributed by atoms with Gasteiger partial charge in [-0.1, -0.05) is 13.8 Å². The van der Waals surface area contributed by atoms with Crippen LogP contribution in [0.25, 0.3) is 22.5 Å². The van der Waals surface area contributed by atoms with E-state index in [1.807, 2.05) is 21.2 Å². The van der Waals surface area contributed by atoms with Gasteiger partial charge in [-0.3, -0.25) is 18.7 Å². The molecule has 5 aromatic rings. The van der Waals surface area contributed by atoms with E-state index in [0.29, 0.717) is 47.7 Å². The SMILES string of the molecule is Cn1cc(-c2ccnc(-n3ncn4c5c(cc4c3=O)CC(C)(C)C5)c2CO)cc(Nc2cc3n(n2)CCN(C#N)C3)c1=O. The summed E-state index contributed by atoms with van der Waals surface area (Å²) >= 11 is 0. The second-order valence-corrected chi connectivity index (χ2v) is 12.0. The third-order valence-corrected chi connectivity index (χ3v) is 8.33. The van der Waals surface area contributed by atoms with Crippen LogP contribution in [0.3, 0.4) is 0 Å². The highest BCUT2D eigenvalue weighted by Gasteiger charge is 2.32. The Labute approximate surface area is 245 Å². The van der Waals surface area contributed by atoms with Crippen LogP contribution in [0.4, 0.5) is 11.5 Å². The molecule has 0 radical (unpaired) electrons. The minimum absolute atomic E-state index is 0.139. The molecule has 0 saturated carbocycles. The molecule has 0 spiro atoms. The molecule has 2 N–H and O–H groups in total.